The highest BCUT2D eigenvalue weighted by atomic mass is 35.5. The zero-order valence-electron chi connectivity index (χ0n) is 8.49. The van der Waals surface area contributed by atoms with E-state index in [0.29, 0.717) is 10.6 Å². The molecule has 0 radical (unpaired) electrons. The van der Waals surface area contributed by atoms with Crippen LogP contribution in [0.2, 0.25) is 5.02 Å². The fraction of sp³-hybridized carbons (Fsp3) is 0.200. The van der Waals surface area contributed by atoms with Crippen molar-refractivity contribution in [2.24, 2.45) is 0 Å². The van der Waals surface area contributed by atoms with Crippen LogP contribution in [0.5, 0.6) is 5.75 Å². The van der Waals surface area contributed by atoms with Gasteiger partial charge in [-0.3, -0.25) is 10.1 Å². The Hall–Kier alpha value is -1.75. The predicted molar refractivity (Wildman–Crippen MR) is 58.1 cm³/mol. The second-order valence-electron chi connectivity index (χ2n) is 2.97. The maximum Gasteiger partial charge on any atom is 0.407 e. The minimum absolute atomic E-state index is 0.118. The summed E-state index contributed by atoms with van der Waals surface area (Å²) in [5, 5.41) is 10.7. The molecule has 6 heteroatoms. The first-order valence-corrected chi connectivity index (χ1v) is 4.78. The molecule has 0 saturated heterocycles. The molecular formula is C10H10ClNO4. The number of ketones is 1. The van der Waals surface area contributed by atoms with Crippen molar-refractivity contribution in [1.29, 1.82) is 0 Å². The Kier molecular flexibility index (Phi) is 4.13. The molecule has 0 spiro atoms. The topological polar surface area (TPSA) is 75.6 Å². The van der Waals surface area contributed by atoms with Gasteiger partial charge in [-0.05, 0) is 25.1 Å². The molecule has 16 heavy (non-hydrogen) atoms. The van der Waals surface area contributed by atoms with E-state index in [2.05, 4.69) is 0 Å². The van der Waals surface area contributed by atoms with E-state index in [1.807, 2.05) is 5.32 Å². The van der Waals surface area contributed by atoms with Crippen LogP contribution in [0.3, 0.4) is 0 Å². The number of hydrogen-bond donors (Lipinski definition) is 2. The molecule has 0 unspecified atom stereocenters. The monoisotopic (exact) mass is 243 g/mol. The first-order chi connectivity index (χ1) is 7.50. The predicted octanol–water partition coefficient (Wildman–Crippen LogP) is 2.15. The van der Waals surface area contributed by atoms with Gasteiger partial charge in [-0.1, -0.05) is 11.6 Å². The third kappa shape index (κ3) is 3.43. The summed E-state index contributed by atoms with van der Waals surface area (Å²) in [6.45, 7) is 1.19. The molecule has 86 valence electrons. The van der Waals surface area contributed by atoms with Crippen molar-refractivity contribution in [3.05, 3.63) is 28.8 Å². The third-order valence-electron chi connectivity index (χ3n) is 1.79. The van der Waals surface area contributed by atoms with Gasteiger partial charge < -0.3 is 9.84 Å². The first-order valence-electron chi connectivity index (χ1n) is 4.41. The molecule has 5 nitrogen and oxygen atoms in total. The van der Waals surface area contributed by atoms with Gasteiger partial charge in [0.05, 0.1) is 5.02 Å². The summed E-state index contributed by atoms with van der Waals surface area (Å²) in [6, 6.07) is 4.56. The minimum Gasteiger partial charge on any atom is -0.472 e. The van der Waals surface area contributed by atoms with Gasteiger partial charge in [0.2, 0.25) is 0 Å². The molecule has 1 aromatic carbocycles. The largest absolute Gasteiger partial charge is 0.472 e. The van der Waals surface area contributed by atoms with Crippen LogP contribution >= 0.6 is 11.6 Å². The molecule has 0 aliphatic carbocycles. The molecule has 0 atom stereocenters. The number of halogens is 1. The maximum absolute atomic E-state index is 11.1. The molecule has 0 heterocycles. The van der Waals surface area contributed by atoms with Gasteiger partial charge in [-0.15, -0.1) is 0 Å². The van der Waals surface area contributed by atoms with Crippen molar-refractivity contribution in [1.82, 2.24) is 5.32 Å². The van der Waals surface area contributed by atoms with Crippen LogP contribution in [0.15, 0.2) is 18.2 Å². The summed E-state index contributed by atoms with van der Waals surface area (Å²) in [4.78, 5) is 21.3. The molecule has 0 aromatic heterocycles. The molecular weight excluding hydrogens is 234 g/mol. The molecule has 1 aromatic rings. The van der Waals surface area contributed by atoms with Crippen LogP contribution in [0.4, 0.5) is 4.79 Å². The van der Waals surface area contributed by atoms with E-state index in [1.54, 1.807) is 6.07 Å². The molecule has 0 aliphatic rings. The number of rotatable bonds is 4. The summed E-state index contributed by atoms with van der Waals surface area (Å²) >= 11 is 5.80. The summed E-state index contributed by atoms with van der Waals surface area (Å²) < 4.78 is 5.06. The Labute approximate surface area is 97.0 Å². The number of Topliss-reactive ketones (excluding diaryl/α,β-unsaturated/α-hetero) is 1. The molecule has 1 rings (SSSR count). The SMILES string of the molecule is CC(=O)c1ccc(Cl)c(OCNC(=O)O)c1. The van der Waals surface area contributed by atoms with Crippen LogP contribution in [-0.4, -0.2) is 23.7 Å². The molecule has 0 aliphatic heterocycles. The van der Waals surface area contributed by atoms with Crippen molar-refractivity contribution in [3.8, 4) is 5.75 Å². The van der Waals surface area contributed by atoms with Crippen LogP contribution in [0, 0.1) is 0 Å². The number of nitrogens with one attached hydrogen (secondary N) is 1. The molecule has 0 bridgehead atoms. The van der Waals surface area contributed by atoms with Crippen molar-refractivity contribution in [2.45, 2.75) is 6.92 Å². The van der Waals surface area contributed by atoms with Crippen molar-refractivity contribution in [2.75, 3.05) is 6.73 Å². The Morgan fingerprint density at radius 2 is 2.19 bits per heavy atom. The number of carbonyl (C=O) groups excluding carboxylic acids is 1. The zero-order valence-corrected chi connectivity index (χ0v) is 9.25. The van der Waals surface area contributed by atoms with Crippen LogP contribution < -0.4 is 10.1 Å². The normalized spacial score (nSPS) is 9.62. The lowest BCUT2D eigenvalue weighted by molar-refractivity contribution is 0.101. The van der Waals surface area contributed by atoms with Gasteiger partial charge >= 0.3 is 6.09 Å². The zero-order chi connectivity index (χ0) is 12.1. The first kappa shape index (κ1) is 12.3. The Balaban J connectivity index is 2.74. The maximum atomic E-state index is 11.1. The van der Waals surface area contributed by atoms with E-state index in [1.165, 1.54) is 19.1 Å². The van der Waals surface area contributed by atoms with Crippen molar-refractivity contribution in [3.63, 3.8) is 0 Å². The highest BCUT2D eigenvalue weighted by Gasteiger charge is 2.06. The third-order valence-corrected chi connectivity index (χ3v) is 2.10. The van der Waals surface area contributed by atoms with Gasteiger partial charge in [0.25, 0.3) is 0 Å². The number of amides is 1. The van der Waals surface area contributed by atoms with Crippen LogP contribution in [0.25, 0.3) is 0 Å². The van der Waals surface area contributed by atoms with Crippen LogP contribution in [-0.2, 0) is 0 Å². The van der Waals surface area contributed by atoms with Gasteiger partial charge in [-0.25, -0.2) is 4.79 Å². The summed E-state index contributed by atoms with van der Waals surface area (Å²) in [5.74, 6) is 0.149. The standard InChI is InChI=1S/C10H10ClNO4/c1-6(13)7-2-3-8(11)9(4-7)16-5-12-10(14)15/h2-4,12H,5H2,1H3,(H,14,15). The lowest BCUT2D eigenvalue weighted by Crippen LogP contribution is -2.25. The number of carboxylic acid groups (broad SMARTS) is 1. The molecule has 0 saturated carbocycles. The van der Waals surface area contributed by atoms with E-state index in [0.717, 1.165) is 0 Å². The molecule has 2 N–H and O–H groups in total. The lowest BCUT2D eigenvalue weighted by atomic mass is 10.1. The van der Waals surface area contributed by atoms with E-state index in [4.69, 9.17) is 21.4 Å². The smallest absolute Gasteiger partial charge is 0.407 e. The Morgan fingerprint density at radius 3 is 2.75 bits per heavy atom. The van der Waals surface area contributed by atoms with E-state index in [9.17, 15) is 9.59 Å². The van der Waals surface area contributed by atoms with E-state index < -0.39 is 6.09 Å². The molecule has 0 fully saturated rings. The summed E-state index contributed by atoms with van der Waals surface area (Å²) in [7, 11) is 0. The fourth-order valence-electron chi connectivity index (χ4n) is 1.01. The fourth-order valence-corrected chi connectivity index (χ4v) is 1.18. The quantitative estimate of drug-likeness (QED) is 0.628. The van der Waals surface area contributed by atoms with Crippen molar-refractivity contribution >= 4 is 23.5 Å². The average molecular weight is 244 g/mol. The second kappa shape index (κ2) is 5.37. The van der Waals surface area contributed by atoms with Crippen molar-refractivity contribution < 1.29 is 19.4 Å². The number of ether oxygens (including phenoxy) is 1. The van der Waals surface area contributed by atoms with Gasteiger partial charge in [0, 0.05) is 5.56 Å². The van der Waals surface area contributed by atoms with Gasteiger partial charge in [0.1, 0.15) is 5.75 Å². The van der Waals surface area contributed by atoms with E-state index in [-0.39, 0.29) is 18.3 Å². The molecule has 1 amide bonds. The number of hydrogen-bond acceptors (Lipinski definition) is 3. The highest BCUT2D eigenvalue weighted by molar-refractivity contribution is 6.32. The Morgan fingerprint density at radius 1 is 1.50 bits per heavy atom. The Bertz CT molecular complexity index is 419. The second-order valence-corrected chi connectivity index (χ2v) is 3.38. The highest BCUT2D eigenvalue weighted by Crippen LogP contribution is 2.25. The summed E-state index contributed by atoms with van der Waals surface area (Å²) in [5.41, 5.74) is 0.453. The van der Waals surface area contributed by atoms with Gasteiger partial charge in [-0.2, -0.15) is 0 Å². The minimum atomic E-state index is -1.20. The lowest BCUT2D eigenvalue weighted by Gasteiger charge is -2.08. The summed E-state index contributed by atoms with van der Waals surface area (Å²) in [6.07, 6.45) is -1.20. The number of carbonyl (C=O) groups is 2. The van der Waals surface area contributed by atoms with Gasteiger partial charge in [0.15, 0.2) is 12.5 Å². The average Bonchev–Trinajstić information content (AvgIpc) is 2.20. The van der Waals surface area contributed by atoms with Crippen LogP contribution in [0.1, 0.15) is 17.3 Å². The van der Waals surface area contributed by atoms with E-state index >= 15 is 0 Å². The number of benzene rings is 1.